The standard InChI is InChI=1S/C19H25N3O3/c1-12-6-2-4-8-15(12)21-18(24)19(25)22-16-9-5-3-7-14(16)17(23)20-13-10-11-13/h3,5,7,9,12-13,15H,2,4,6,8,10-11H2,1H3,(H,20,23)(H,21,24)(H,22,25)/t12-,15-/m0/s1. The Labute approximate surface area is 147 Å². The number of hydrogen-bond acceptors (Lipinski definition) is 3. The molecule has 0 unspecified atom stereocenters. The van der Waals surface area contributed by atoms with E-state index in [1.807, 2.05) is 0 Å². The Balaban J connectivity index is 1.62. The number of rotatable bonds is 4. The van der Waals surface area contributed by atoms with Crippen LogP contribution < -0.4 is 16.0 Å². The van der Waals surface area contributed by atoms with Gasteiger partial charge in [0.25, 0.3) is 5.91 Å². The highest BCUT2D eigenvalue weighted by molar-refractivity contribution is 6.40. The van der Waals surface area contributed by atoms with Crippen molar-refractivity contribution in [2.24, 2.45) is 5.92 Å². The van der Waals surface area contributed by atoms with E-state index in [1.165, 1.54) is 6.42 Å². The Morgan fingerprint density at radius 1 is 0.920 bits per heavy atom. The van der Waals surface area contributed by atoms with Crippen molar-refractivity contribution in [3.05, 3.63) is 29.8 Å². The first-order chi connectivity index (χ1) is 12.0. The zero-order valence-electron chi connectivity index (χ0n) is 14.5. The number of anilines is 1. The molecule has 1 aromatic carbocycles. The van der Waals surface area contributed by atoms with Gasteiger partial charge in [-0.2, -0.15) is 0 Å². The molecule has 0 aromatic heterocycles. The Kier molecular flexibility index (Phi) is 5.36. The molecule has 134 valence electrons. The van der Waals surface area contributed by atoms with Crippen molar-refractivity contribution in [2.45, 2.75) is 57.5 Å². The zero-order chi connectivity index (χ0) is 17.8. The van der Waals surface area contributed by atoms with Crippen LogP contribution in [0.5, 0.6) is 0 Å². The molecular weight excluding hydrogens is 318 g/mol. The lowest BCUT2D eigenvalue weighted by Gasteiger charge is -2.29. The molecule has 0 saturated heterocycles. The number of carbonyl (C=O) groups is 3. The molecule has 3 rings (SSSR count). The van der Waals surface area contributed by atoms with Gasteiger partial charge in [-0.05, 0) is 43.7 Å². The lowest BCUT2D eigenvalue weighted by atomic mass is 9.86. The van der Waals surface area contributed by atoms with Crippen molar-refractivity contribution in [3.63, 3.8) is 0 Å². The molecule has 2 aliphatic carbocycles. The quantitative estimate of drug-likeness (QED) is 0.733. The first kappa shape index (κ1) is 17.5. The van der Waals surface area contributed by atoms with E-state index in [4.69, 9.17) is 0 Å². The molecule has 3 N–H and O–H groups in total. The van der Waals surface area contributed by atoms with Crippen LogP contribution in [0.1, 0.15) is 55.8 Å². The highest BCUT2D eigenvalue weighted by atomic mass is 16.2. The number of benzene rings is 1. The summed E-state index contributed by atoms with van der Waals surface area (Å²) in [5.41, 5.74) is 0.735. The molecule has 0 aliphatic heterocycles. The average molecular weight is 343 g/mol. The Morgan fingerprint density at radius 2 is 1.64 bits per heavy atom. The maximum Gasteiger partial charge on any atom is 0.313 e. The number of nitrogens with one attached hydrogen (secondary N) is 3. The highest BCUT2D eigenvalue weighted by Gasteiger charge is 2.27. The molecule has 2 saturated carbocycles. The van der Waals surface area contributed by atoms with E-state index in [9.17, 15) is 14.4 Å². The first-order valence-corrected chi connectivity index (χ1v) is 9.06. The van der Waals surface area contributed by atoms with Gasteiger partial charge in [0.15, 0.2) is 0 Å². The second-order valence-corrected chi connectivity index (χ2v) is 7.09. The molecule has 2 aliphatic rings. The summed E-state index contributed by atoms with van der Waals surface area (Å²) in [6.07, 6.45) is 6.19. The van der Waals surface area contributed by atoms with Crippen molar-refractivity contribution in [1.82, 2.24) is 10.6 Å². The summed E-state index contributed by atoms with van der Waals surface area (Å²) in [5.74, 6) is -1.22. The fourth-order valence-corrected chi connectivity index (χ4v) is 3.22. The normalized spacial score (nSPS) is 22.8. The van der Waals surface area contributed by atoms with E-state index in [-0.39, 0.29) is 18.0 Å². The molecular formula is C19H25N3O3. The minimum atomic E-state index is -0.732. The van der Waals surface area contributed by atoms with E-state index in [2.05, 4.69) is 22.9 Å². The smallest absolute Gasteiger partial charge is 0.313 e. The van der Waals surface area contributed by atoms with Gasteiger partial charge in [0.1, 0.15) is 0 Å². The van der Waals surface area contributed by atoms with Crippen LogP contribution in [0.15, 0.2) is 24.3 Å². The van der Waals surface area contributed by atoms with Crippen LogP contribution in [0.3, 0.4) is 0 Å². The molecule has 0 radical (unpaired) electrons. The van der Waals surface area contributed by atoms with Crippen LogP contribution >= 0.6 is 0 Å². The summed E-state index contributed by atoms with van der Waals surface area (Å²) in [6, 6.07) is 7.02. The molecule has 1 aromatic rings. The fraction of sp³-hybridized carbons (Fsp3) is 0.526. The summed E-state index contributed by atoms with van der Waals surface area (Å²) in [7, 11) is 0. The Hall–Kier alpha value is -2.37. The summed E-state index contributed by atoms with van der Waals surface area (Å²) in [4.78, 5) is 36.7. The van der Waals surface area contributed by atoms with Crippen molar-refractivity contribution >= 4 is 23.4 Å². The predicted molar refractivity (Wildman–Crippen MR) is 95.1 cm³/mol. The number of carbonyl (C=O) groups excluding carboxylic acids is 3. The topological polar surface area (TPSA) is 87.3 Å². The SMILES string of the molecule is C[C@H]1CCCC[C@@H]1NC(=O)C(=O)Nc1ccccc1C(=O)NC1CC1. The number of amides is 3. The van der Waals surface area contributed by atoms with Crippen LogP contribution in [-0.4, -0.2) is 29.8 Å². The van der Waals surface area contributed by atoms with E-state index in [1.54, 1.807) is 24.3 Å². The summed E-state index contributed by atoms with van der Waals surface area (Å²) in [5, 5.41) is 8.30. The van der Waals surface area contributed by atoms with Crippen LogP contribution in [0, 0.1) is 5.92 Å². The second-order valence-electron chi connectivity index (χ2n) is 7.09. The van der Waals surface area contributed by atoms with E-state index in [0.29, 0.717) is 17.2 Å². The van der Waals surface area contributed by atoms with Crippen LogP contribution in [0.4, 0.5) is 5.69 Å². The van der Waals surface area contributed by atoms with E-state index >= 15 is 0 Å². The molecule has 0 bridgehead atoms. The largest absolute Gasteiger partial charge is 0.349 e. The van der Waals surface area contributed by atoms with Crippen LogP contribution in [0.25, 0.3) is 0 Å². The monoisotopic (exact) mass is 343 g/mol. The second kappa shape index (κ2) is 7.68. The van der Waals surface area contributed by atoms with Gasteiger partial charge < -0.3 is 16.0 Å². The third kappa shape index (κ3) is 4.59. The Bertz CT molecular complexity index is 670. The fourth-order valence-electron chi connectivity index (χ4n) is 3.22. The van der Waals surface area contributed by atoms with Crippen molar-refractivity contribution in [1.29, 1.82) is 0 Å². The van der Waals surface area contributed by atoms with Gasteiger partial charge in [0.05, 0.1) is 11.3 Å². The number of para-hydroxylation sites is 1. The van der Waals surface area contributed by atoms with Gasteiger partial charge in [-0.1, -0.05) is 31.9 Å². The lowest BCUT2D eigenvalue weighted by Crippen LogP contribution is -2.46. The van der Waals surface area contributed by atoms with Gasteiger partial charge in [0.2, 0.25) is 0 Å². The van der Waals surface area contributed by atoms with E-state index in [0.717, 1.165) is 32.1 Å². The Morgan fingerprint density at radius 3 is 2.36 bits per heavy atom. The first-order valence-electron chi connectivity index (χ1n) is 9.06. The number of hydrogen-bond donors (Lipinski definition) is 3. The molecule has 2 fully saturated rings. The van der Waals surface area contributed by atoms with E-state index < -0.39 is 11.8 Å². The van der Waals surface area contributed by atoms with Crippen LogP contribution in [-0.2, 0) is 9.59 Å². The van der Waals surface area contributed by atoms with Gasteiger partial charge in [-0.15, -0.1) is 0 Å². The van der Waals surface area contributed by atoms with Crippen LogP contribution in [0.2, 0.25) is 0 Å². The summed E-state index contributed by atoms with van der Waals surface area (Å²) in [6.45, 7) is 2.10. The molecule has 25 heavy (non-hydrogen) atoms. The molecule has 6 heteroatoms. The van der Waals surface area contributed by atoms with Crippen molar-refractivity contribution in [2.75, 3.05) is 5.32 Å². The maximum absolute atomic E-state index is 12.3. The summed E-state index contributed by atoms with van der Waals surface area (Å²) < 4.78 is 0. The molecule has 2 atom stereocenters. The average Bonchev–Trinajstić information content (AvgIpc) is 3.41. The molecule has 3 amide bonds. The molecule has 0 heterocycles. The lowest BCUT2D eigenvalue weighted by molar-refractivity contribution is -0.137. The van der Waals surface area contributed by atoms with Gasteiger partial charge >= 0.3 is 11.8 Å². The van der Waals surface area contributed by atoms with Gasteiger partial charge in [-0.25, -0.2) is 0 Å². The maximum atomic E-state index is 12.3. The highest BCUT2D eigenvalue weighted by Crippen LogP contribution is 2.24. The third-order valence-electron chi connectivity index (χ3n) is 4.97. The summed E-state index contributed by atoms with van der Waals surface area (Å²) >= 11 is 0. The predicted octanol–water partition coefficient (Wildman–Crippen LogP) is 2.21. The minimum absolute atomic E-state index is 0.0420. The third-order valence-corrected chi connectivity index (χ3v) is 4.97. The molecule has 0 spiro atoms. The van der Waals surface area contributed by atoms with Crippen molar-refractivity contribution < 1.29 is 14.4 Å². The minimum Gasteiger partial charge on any atom is -0.349 e. The van der Waals surface area contributed by atoms with Crippen molar-refractivity contribution in [3.8, 4) is 0 Å². The molecule has 6 nitrogen and oxygen atoms in total. The van der Waals surface area contributed by atoms with Gasteiger partial charge in [0, 0.05) is 12.1 Å². The zero-order valence-corrected chi connectivity index (χ0v) is 14.5. The van der Waals surface area contributed by atoms with Gasteiger partial charge in [-0.3, -0.25) is 14.4 Å².